The van der Waals surface area contributed by atoms with Crippen LogP contribution in [0.1, 0.15) is 37.1 Å². The maximum Gasteiger partial charge on any atom is 0.246 e. The Bertz CT molecular complexity index is 423. The van der Waals surface area contributed by atoms with Crippen molar-refractivity contribution in [2.75, 3.05) is 4.90 Å². The van der Waals surface area contributed by atoms with E-state index in [1.807, 2.05) is 13.8 Å². The van der Waals surface area contributed by atoms with Crippen molar-refractivity contribution in [3.8, 4) is 0 Å². The molecule has 1 aromatic rings. The van der Waals surface area contributed by atoms with Gasteiger partial charge >= 0.3 is 0 Å². The first-order valence-corrected chi connectivity index (χ1v) is 6.69. The molecule has 0 aliphatic carbocycles. The zero-order valence-corrected chi connectivity index (χ0v) is 11.0. The van der Waals surface area contributed by atoms with Gasteiger partial charge in [-0.2, -0.15) is 5.10 Å². The van der Waals surface area contributed by atoms with Crippen LogP contribution in [0.5, 0.6) is 0 Å². The van der Waals surface area contributed by atoms with Crippen LogP contribution in [-0.4, -0.2) is 32.6 Å². The SMILES string of the molecule is Cc1nnc(N2C3CCC2CC(Cl)C3)nc1C. The largest absolute Gasteiger partial charge is 0.333 e. The molecule has 0 N–H and O–H groups in total. The summed E-state index contributed by atoms with van der Waals surface area (Å²) in [7, 11) is 0. The molecule has 2 unspecified atom stereocenters. The number of nitrogens with zero attached hydrogens (tertiary/aromatic N) is 4. The van der Waals surface area contributed by atoms with Gasteiger partial charge in [0, 0.05) is 17.5 Å². The molecular formula is C12H17ClN4. The fraction of sp³-hybridized carbons (Fsp3) is 0.750. The van der Waals surface area contributed by atoms with Gasteiger partial charge < -0.3 is 4.90 Å². The molecule has 0 aromatic carbocycles. The van der Waals surface area contributed by atoms with E-state index in [1.54, 1.807) is 0 Å². The average Bonchev–Trinajstić information content (AvgIpc) is 2.55. The van der Waals surface area contributed by atoms with Crippen LogP contribution in [0.15, 0.2) is 0 Å². The second-order valence-corrected chi connectivity index (χ2v) is 5.76. The van der Waals surface area contributed by atoms with Gasteiger partial charge in [0.1, 0.15) is 0 Å². The maximum atomic E-state index is 6.27. The van der Waals surface area contributed by atoms with E-state index in [9.17, 15) is 0 Å². The van der Waals surface area contributed by atoms with Crippen LogP contribution in [-0.2, 0) is 0 Å². The molecule has 2 saturated heterocycles. The standard InChI is InChI=1S/C12H17ClN4/c1-7-8(2)15-16-12(14-7)17-10-3-4-11(17)6-9(13)5-10/h9-11H,3-6H2,1-2H3. The molecule has 2 aliphatic rings. The van der Waals surface area contributed by atoms with E-state index in [2.05, 4.69) is 20.1 Å². The lowest BCUT2D eigenvalue weighted by atomic mass is 10.0. The van der Waals surface area contributed by atoms with E-state index in [0.717, 1.165) is 30.2 Å². The highest BCUT2D eigenvalue weighted by Crippen LogP contribution is 2.39. The first-order valence-electron chi connectivity index (χ1n) is 6.25. The van der Waals surface area contributed by atoms with Crippen molar-refractivity contribution >= 4 is 17.5 Å². The highest BCUT2D eigenvalue weighted by molar-refractivity contribution is 6.20. The van der Waals surface area contributed by atoms with Gasteiger partial charge in [0.25, 0.3) is 0 Å². The van der Waals surface area contributed by atoms with Crippen molar-refractivity contribution in [1.82, 2.24) is 15.2 Å². The van der Waals surface area contributed by atoms with E-state index in [1.165, 1.54) is 12.8 Å². The summed E-state index contributed by atoms with van der Waals surface area (Å²) < 4.78 is 0. The van der Waals surface area contributed by atoms with Gasteiger partial charge in [-0.05, 0) is 39.5 Å². The summed E-state index contributed by atoms with van der Waals surface area (Å²) in [5.74, 6) is 0.796. The molecule has 92 valence electrons. The van der Waals surface area contributed by atoms with Gasteiger partial charge in [0.15, 0.2) is 0 Å². The number of fused-ring (bicyclic) bond motifs is 2. The van der Waals surface area contributed by atoms with Crippen LogP contribution in [0.25, 0.3) is 0 Å². The van der Waals surface area contributed by atoms with Gasteiger partial charge in [-0.25, -0.2) is 4.98 Å². The van der Waals surface area contributed by atoms with Gasteiger partial charge in [-0.15, -0.1) is 16.7 Å². The van der Waals surface area contributed by atoms with Crippen LogP contribution >= 0.6 is 11.6 Å². The third kappa shape index (κ3) is 1.88. The van der Waals surface area contributed by atoms with Crippen molar-refractivity contribution < 1.29 is 0 Å². The van der Waals surface area contributed by atoms with E-state index in [4.69, 9.17) is 11.6 Å². The van der Waals surface area contributed by atoms with Crippen LogP contribution in [0, 0.1) is 13.8 Å². The number of piperidine rings is 1. The first kappa shape index (κ1) is 11.2. The predicted octanol–water partition coefficient (Wildman–Crippen LogP) is 2.23. The van der Waals surface area contributed by atoms with Gasteiger partial charge in [-0.1, -0.05) is 0 Å². The van der Waals surface area contributed by atoms with Gasteiger partial charge in [0.05, 0.1) is 11.4 Å². The second-order valence-electron chi connectivity index (χ2n) is 5.14. The van der Waals surface area contributed by atoms with Gasteiger partial charge in [-0.3, -0.25) is 0 Å². The number of alkyl halides is 1. The first-order chi connectivity index (χ1) is 8.15. The third-order valence-electron chi connectivity index (χ3n) is 3.99. The highest BCUT2D eigenvalue weighted by atomic mass is 35.5. The number of halogens is 1. The number of aromatic nitrogens is 3. The van der Waals surface area contributed by atoms with E-state index in [-0.39, 0.29) is 0 Å². The van der Waals surface area contributed by atoms with E-state index in [0.29, 0.717) is 17.5 Å². The molecule has 0 saturated carbocycles. The molecule has 17 heavy (non-hydrogen) atoms. The number of rotatable bonds is 1. The summed E-state index contributed by atoms with van der Waals surface area (Å²) in [6.07, 6.45) is 4.52. The molecule has 0 amide bonds. The minimum Gasteiger partial charge on any atom is -0.333 e. The molecule has 1 aromatic heterocycles. The molecular weight excluding hydrogens is 236 g/mol. The van der Waals surface area contributed by atoms with Crippen molar-refractivity contribution in [2.24, 2.45) is 0 Å². The Morgan fingerprint density at radius 3 is 2.29 bits per heavy atom. The molecule has 2 fully saturated rings. The lowest BCUT2D eigenvalue weighted by molar-refractivity contribution is 0.463. The van der Waals surface area contributed by atoms with Gasteiger partial charge in [0.2, 0.25) is 5.95 Å². The predicted molar refractivity (Wildman–Crippen MR) is 67.5 cm³/mol. The Balaban J connectivity index is 1.92. The van der Waals surface area contributed by atoms with Crippen LogP contribution in [0.3, 0.4) is 0 Å². The van der Waals surface area contributed by atoms with Crippen molar-refractivity contribution in [1.29, 1.82) is 0 Å². The van der Waals surface area contributed by atoms with Crippen LogP contribution in [0.2, 0.25) is 0 Å². The summed E-state index contributed by atoms with van der Waals surface area (Å²) in [5.41, 5.74) is 1.88. The topological polar surface area (TPSA) is 41.9 Å². The molecule has 2 atom stereocenters. The molecule has 0 radical (unpaired) electrons. The summed E-state index contributed by atoms with van der Waals surface area (Å²) >= 11 is 6.27. The molecule has 4 nitrogen and oxygen atoms in total. The Morgan fingerprint density at radius 2 is 1.71 bits per heavy atom. The van der Waals surface area contributed by atoms with E-state index < -0.39 is 0 Å². The lowest BCUT2D eigenvalue weighted by Gasteiger charge is -2.36. The zero-order chi connectivity index (χ0) is 12.0. The third-order valence-corrected chi connectivity index (χ3v) is 4.34. The monoisotopic (exact) mass is 252 g/mol. The normalized spacial score (nSPS) is 31.9. The van der Waals surface area contributed by atoms with Crippen molar-refractivity contribution in [3.63, 3.8) is 0 Å². The lowest BCUT2D eigenvalue weighted by Crippen LogP contribution is -2.44. The Hall–Kier alpha value is -0.900. The average molecular weight is 253 g/mol. The van der Waals surface area contributed by atoms with Crippen molar-refractivity contribution in [3.05, 3.63) is 11.4 Å². The maximum absolute atomic E-state index is 6.27. The minimum atomic E-state index is 0.322. The zero-order valence-electron chi connectivity index (χ0n) is 10.2. The Morgan fingerprint density at radius 1 is 1.06 bits per heavy atom. The summed E-state index contributed by atoms with van der Waals surface area (Å²) in [5, 5.41) is 8.76. The fourth-order valence-electron chi connectivity index (χ4n) is 2.99. The second kappa shape index (κ2) is 4.09. The fourth-order valence-corrected chi connectivity index (χ4v) is 3.40. The number of aryl methyl sites for hydroxylation is 2. The highest BCUT2D eigenvalue weighted by Gasteiger charge is 2.41. The summed E-state index contributed by atoms with van der Waals surface area (Å²) in [6, 6.07) is 1.03. The number of hydrogen-bond donors (Lipinski definition) is 0. The molecule has 5 heteroatoms. The molecule has 2 bridgehead atoms. The molecule has 3 heterocycles. The number of hydrogen-bond acceptors (Lipinski definition) is 4. The number of anilines is 1. The van der Waals surface area contributed by atoms with Crippen LogP contribution in [0.4, 0.5) is 5.95 Å². The summed E-state index contributed by atoms with van der Waals surface area (Å²) in [4.78, 5) is 6.92. The quantitative estimate of drug-likeness (QED) is 0.719. The smallest absolute Gasteiger partial charge is 0.246 e. The Kier molecular flexibility index (Phi) is 2.69. The molecule has 0 spiro atoms. The summed E-state index contributed by atoms with van der Waals surface area (Å²) in [6.45, 7) is 3.93. The molecule has 3 rings (SSSR count). The minimum absolute atomic E-state index is 0.322. The Labute approximate surface area is 106 Å². The van der Waals surface area contributed by atoms with Crippen molar-refractivity contribution in [2.45, 2.75) is 57.0 Å². The van der Waals surface area contributed by atoms with E-state index >= 15 is 0 Å². The molecule has 2 aliphatic heterocycles. The van der Waals surface area contributed by atoms with Crippen LogP contribution < -0.4 is 4.90 Å².